The molecule has 6 heteroatoms. The first-order valence-corrected chi connectivity index (χ1v) is 10.3. The zero-order valence-corrected chi connectivity index (χ0v) is 16.5. The van der Waals surface area contributed by atoms with Crippen LogP contribution in [0.25, 0.3) is 0 Å². The Morgan fingerprint density at radius 3 is 1.70 bits per heavy atom. The van der Waals surface area contributed by atoms with E-state index in [0.29, 0.717) is 6.42 Å². The molecular weight excluding hydrogens is 348 g/mol. The fourth-order valence-corrected chi connectivity index (χ4v) is 3.50. The van der Waals surface area contributed by atoms with Gasteiger partial charge in [0.25, 0.3) is 0 Å². The molecule has 0 bridgehead atoms. The average molecular weight is 382 g/mol. The van der Waals surface area contributed by atoms with E-state index < -0.39 is 24.0 Å². The van der Waals surface area contributed by atoms with Crippen molar-refractivity contribution in [3.8, 4) is 0 Å². The van der Waals surface area contributed by atoms with Gasteiger partial charge >= 0.3 is 17.9 Å². The molecule has 0 saturated carbocycles. The number of unbranched alkanes of at least 4 members (excludes halogenated alkanes) is 11. The van der Waals surface area contributed by atoms with Gasteiger partial charge in [-0.25, -0.2) is 9.59 Å². The van der Waals surface area contributed by atoms with Crippen molar-refractivity contribution in [3.05, 3.63) is 11.1 Å². The van der Waals surface area contributed by atoms with Gasteiger partial charge in [-0.1, -0.05) is 64.2 Å². The third-order valence-corrected chi connectivity index (χ3v) is 5.12. The predicted molar refractivity (Wildman–Crippen MR) is 102 cm³/mol. The van der Waals surface area contributed by atoms with E-state index in [1.807, 2.05) is 0 Å². The monoisotopic (exact) mass is 382 g/mol. The van der Waals surface area contributed by atoms with Crippen molar-refractivity contribution in [3.63, 3.8) is 0 Å². The second kappa shape index (κ2) is 13.3. The topological polar surface area (TPSA) is 101 Å². The van der Waals surface area contributed by atoms with Crippen LogP contribution in [0.3, 0.4) is 0 Å². The van der Waals surface area contributed by atoms with E-state index >= 15 is 0 Å². The minimum Gasteiger partial charge on any atom is -0.481 e. The molecule has 0 aromatic carbocycles. The number of cyclic esters (lactones) is 1. The van der Waals surface area contributed by atoms with Crippen LogP contribution < -0.4 is 0 Å². The SMILES string of the molecule is CC1=C(C(=O)O)[C@@H](CCCCCCCCCCCCCCC(=O)O)OC1=O. The quantitative estimate of drug-likeness (QED) is 0.292. The summed E-state index contributed by atoms with van der Waals surface area (Å²) in [5.74, 6) is -2.25. The molecule has 1 rings (SSSR count). The summed E-state index contributed by atoms with van der Waals surface area (Å²) < 4.78 is 5.14. The molecule has 0 unspecified atom stereocenters. The molecule has 0 amide bonds. The van der Waals surface area contributed by atoms with Crippen LogP contribution in [0.2, 0.25) is 0 Å². The number of ether oxygens (including phenoxy) is 1. The van der Waals surface area contributed by atoms with Gasteiger partial charge in [0.15, 0.2) is 0 Å². The number of aliphatic carboxylic acids is 2. The van der Waals surface area contributed by atoms with Gasteiger partial charge in [-0.3, -0.25) is 4.79 Å². The van der Waals surface area contributed by atoms with Gasteiger partial charge in [-0.15, -0.1) is 0 Å². The molecule has 27 heavy (non-hydrogen) atoms. The Bertz CT molecular complexity index is 523. The number of carbonyl (C=O) groups is 3. The number of hydrogen-bond acceptors (Lipinski definition) is 4. The Hall–Kier alpha value is -1.85. The van der Waals surface area contributed by atoms with E-state index in [4.69, 9.17) is 9.84 Å². The number of esters is 1. The maximum atomic E-state index is 11.5. The molecule has 1 heterocycles. The Morgan fingerprint density at radius 2 is 1.26 bits per heavy atom. The smallest absolute Gasteiger partial charge is 0.335 e. The van der Waals surface area contributed by atoms with E-state index in [2.05, 4.69) is 0 Å². The minimum atomic E-state index is -1.05. The largest absolute Gasteiger partial charge is 0.481 e. The van der Waals surface area contributed by atoms with Crippen LogP contribution in [0.5, 0.6) is 0 Å². The fourth-order valence-electron chi connectivity index (χ4n) is 3.50. The van der Waals surface area contributed by atoms with Gasteiger partial charge in [0.1, 0.15) is 6.10 Å². The van der Waals surface area contributed by atoms with Crippen molar-refractivity contribution in [1.29, 1.82) is 0 Å². The van der Waals surface area contributed by atoms with Crippen molar-refractivity contribution in [2.75, 3.05) is 0 Å². The van der Waals surface area contributed by atoms with Gasteiger partial charge in [-0.05, 0) is 26.2 Å². The first kappa shape index (κ1) is 23.2. The first-order valence-electron chi connectivity index (χ1n) is 10.3. The molecular formula is C21H34O6. The maximum absolute atomic E-state index is 11.5. The molecule has 0 radical (unpaired) electrons. The summed E-state index contributed by atoms with van der Waals surface area (Å²) in [7, 11) is 0. The molecule has 2 N–H and O–H groups in total. The average Bonchev–Trinajstić information content (AvgIpc) is 2.89. The fraction of sp³-hybridized carbons (Fsp3) is 0.762. The van der Waals surface area contributed by atoms with Crippen LogP contribution in [0.1, 0.15) is 96.8 Å². The highest BCUT2D eigenvalue weighted by Gasteiger charge is 2.35. The van der Waals surface area contributed by atoms with Crippen LogP contribution in [0.4, 0.5) is 0 Å². The molecule has 0 fully saturated rings. The Kier molecular flexibility index (Phi) is 11.5. The number of hydrogen-bond donors (Lipinski definition) is 2. The van der Waals surface area contributed by atoms with Gasteiger partial charge in [0.05, 0.1) is 5.57 Å². The lowest BCUT2D eigenvalue weighted by atomic mass is 10.00. The third kappa shape index (κ3) is 9.59. The minimum absolute atomic E-state index is 0.128. The summed E-state index contributed by atoms with van der Waals surface area (Å²) in [6.45, 7) is 1.52. The number of carbonyl (C=O) groups excluding carboxylic acids is 1. The Morgan fingerprint density at radius 1 is 0.815 bits per heavy atom. The van der Waals surface area contributed by atoms with Crippen LogP contribution in [-0.2, 0) is 19.1 Å². The van der Waals surface area contributed by atoms with E-state index in [-0.39, 0.29) is 17.6 Å². The number of carboxylic acid groups (broad SMARTS) is 2. The highest BCUT2D eigenvalue weighted by Crippen LogP contribution is 2.26. The highest BCUT2D eigenvalue weighted by atomic mass is 16.5. The zero-order chi connectivity index (χ0) is 20.1. The molecule has 154 valence electrons. The molecule has 0 aromatic heterocycles. The van der Waals surface area contributed by atoms with Gasteiger partial charge in [0, 0.05) is 12.0 Å². The summed E-state index contributed by atoms with van der Waals surface area (Å²) in [4.78, 5) is 33.1. The predicted octanol–water partition coefficient (Wildman–Crippen LogP) is 4.86. The van der Waals surface area contributed by atoms with Crippen LogP contribution >= 0.6 is 0 Å². The summed E-state index contributed by atoms with van der Waals surface area (Å²) in [5.41, 5.74) is 0.359. The second-order valence-electron chi connectivity index (χ2n) is 7.41. The molecule has 1 aliphatic rings. The molecule has 1 aliphatic heterocycles. The van der Waals surface area contributed by atoms with Gasteiger partial charge in [-0.2, -0.15) is 0 Å². The van der Waals surface area contributed by atoms with Crippen molar-refractivity contribution in [2.45, 2.75) is 103 Å². The third-order valence-electron chi connectivity index (χ3n) is 5.12. The summed E-state index contributed by atoms with van der Waals surface area (Å²) in [5, 5.41) is 17.7. The van der Waals surface area contributed by atoms with Crippen molar-refractivity contribution >= 4 is 17.9 Å². The highest BCUT2D eigenvalue weighted by molar-refractivity contribution is 6.03. The molecule has 1 atom stereocenters. The standard InChI is InChI=1S/C21H34O6/c1-16-19(20(24)25)17(27-21(16)26)14-12-10-8-6-4-2-3-5-7-9-11-13-15-18(22)23/h17H,2-15H2,1H3,(H,22,23)(H,24,25)/t17-/m1/s1. The molecule has 0 saturated heterocycles. The second-order valence-corrected chi connectivity index (χ2v) is 7.41. The van der Waals surface area contributed by atoms with E-state index in [1.165, 1.54) is 45.4 Å². The van der Waals surface area contributed by atoms with Crippen LogP contribution in [0, 0.1) is 0 Å². The van der Waals surface area contributed by atoms with E-state index in [1.54, 1.807) is 0 Å². The van der Waals surface area contributed by atoms with Crippen LogP contribution in [0.15, 0.2) is 11.1 Å². The number of carboxylic acids is 2. The molecule has 0 aromatic rings. The van der Waals surface area contributed by atoms with Crippen molar-refractivity contribution in [1.82, 2.24) is 0 Å². The lowest BCUT2D eigenvalue weighted by Crippen LogP contribution is -2.17. The molecule has 0 aliphatic carbocycles. The normalized spacial score (nSPS) is 16.6. The lowest BCUT2D eigenvalue weighted by molar-refractivity contribution is -0.141. The molecule has 6 nitrogen and oxygen atoms in total. The molecule has 0 spiro atoms. The lowest BCUT2D eigenvalue weighted by Gasteiger charge is -2.11. The summed E-state index contributed by atoms with van der Waals surface area (Å²) >= 11 is 0. The summed E-state index contributed by atoms with van der Waals surface area (Å²) in [6.07, 6.45) is 13.6. The van der Waals surface area contributed by atoms with Crippen molar-refractivity contribution in [2.24, 2.45) is 0 Å². The van der Waals surface area contributed by atoms with E-state index in [0.717, 1.165) is 38.5 Å². The zero-order valence-electron chi connectivity index (χ0n) is 16.5. The summed E-state index contributed by atoms with van der Waals surface area (Å²) in [6, 6.07) is 0. The number of rotatable bonds is 16. The Labute approximate surface area is 162 Å². The maximum Gasteiger partial charge on any atom is 0.335 e. The van der Waals surface area contributed by atoms with Crippen molar-refractivity contribution < 1.29 is 29.3 Å². The van der Waals surface area contributed by atoms with Gasteiger partial charge in [0.2, 0.25) is 0 Å². The first-order chi connectivity index (χ1) is 12.9. The Balaban J connectivity index is 1.92. The van der Waals surface area contributed by atoms with E-state index in [9.17, 15) is 19.5 Å². The van der Waals surface area contributed by atoms with Crippen LogP contribution in [-0.4, -0.2) is 34.2 Å². The van der Waals surface area contributed by atoms with Gasteiger partial charge < -0.3 is 14.9 Å².